The average Bonchev–Trinajstić information content (AvgIpc) is 2.46. The molecule has 21 heavy (non-hydrogen) atoms. The summed E-state index contributed by atoms with van der Waals surface area (Å²) in [5, 5.41) is 13.8. The smallest absolute Gasteiger partial charge is 0.339 e. The first-order valence-electron chi connectivity index (χ1n) is 5.63. The number of nitrogens with one attached hydrogen (secondary N) is 1. The SMILES string of the molecule is COC(=O)c1cnc(Nc2cccc(Br)n2)c([N+](=O)[O-])c1. The molecular weight excluding hydrogens is 344 g/mol. The molecule has 0 amide bonds. The first-order valence-corrected chi connectivity index (χ1v) is 6.43. The Morgan fingerprint density at radius 1 is 1.48 bits per heavy atom. The van der Waals surface area contributed by atoms with Gasteiger partial charge >= 0.3 is 11.7 Å². The summed E-state index contributed by atoms with van der Waals surface area (Å²) in [7, 11) is 1.19. The maximum atomic E-state index is 11.4. The second kappa shape index (κ2) is 6.27. The summed E-state index contributed by atoms with van der Waals surface area (Å²) in [5.41, 5.74) is -0.350. The van der Waals surface area contributed by atoms with Crippen LogP contribution in [-0.2, 0) is 4.74 Å². The molecule has 2 rings (SSSR count). The lowest BCUT2D eigenvalue weighted by atomic mass is 10.2. The second-order valence-corrected chi connectivity index (χ2v) is 4.62. The zero-order valence-electron chi connectivity index (χ0n) is 10.7. The number of halogens is 1. The van der Waals surface area contributed by atoms with Crippen LogP contribution in [0.5, 0.6) is 0 Å². The van der Waals surface area contributed by atoms with Gasteiger partial charge in [-0.25, -0.2) is 14.8 Å². The third-order valence-corrected chi connectivity index (χ3v) is 2.89. The number of hydrogen-bond acceptors (Lipinski definition) is 7. The number of carbonyl (C=O) groups excluding carboxylic acids is 1. The molecule has 9 heteroatoms. The van der Waals surface area contributed by atoms with E-state index in [0.29, 0.717) is 10.4 Å². The number of hydrogen-bond donors (Lipinski definition) is 1. The van der Waals surface area contributed by atoms with E-state index in [0.717, 1.165) is 6.07 Å². The van der Waals surface area contributed by atoms with Gasteiger partial charge in [-0.05, 0) is 28.1 Å². The lowest BCUT2D eigenvalue weighted by Crippen LogP contribution is -2.06. The number of rotatable bonds is 4. The van der Waals surface area contributed by atoms with Gasteiger partial charge in [0.25, 0.3) is 0 Å². The molecule has 0 aliphatic rings. The molecule has 2 aromatic heterocycles. The second-order valence-electron chi connectivity index (χ2n) is 3.81. The van der Waals surface area contributed by atoms with Gasteiger partial charge in [0.1, 0.15) is 10.4 Å². The van der Waals surface area contributed by atoms with E-state index in [1.165, 1.54) is 13.3 Å². The Bertz CT molecular complexity index is 707. The lowest BCUT2D eigenvalue weighted by Gasteiger charge is -2.06. The Morgan fingerprint density at radius 3 is 2.86 bits per heavy atom. The van der Waals surface area contributed by atoms with Gasteiger partial charge in [-0.15, -0.1) is 0 Å². The van der Waals surface area contributed by atoms with Crippen LogP contribution in [0.25, 0.3) is 0 Å². The van der Waals surface area contributed by atoms with E-state index in [1.54, 1.807) is 18.2 Å². The van der Waals surface area contributed by atoms with E-state index in [2.05, 4.69) is 36.0 Å². The van der Waals surface area contributed by atoms with Gasteiger partial charge in [-0.2, -0.15) is 0 Å². The third kappa shape index (κ3) is 3.51. The molecule has 0 saturated heterocycles. The molecule has 108 valence electrons. The molecule has 0 fully saturated rings. The molecule has 0 aliphatic carbocycles. The molecule has 0 atom stereocenters. The van der Waals surface area contributed by atoms with Crippen molar-refractivity contribution < 1.29 is 14.5 Å². The number of aromatic nitrogens is 2. The van der Waals surface area contributed by atoms with Gasteiger partial charge in [-0.3, -0.25) is 10.1 Å². The quantitative estimate of drug-likeness (QED) is 0.390. The van der Waals surface area contributed by atoms with Crippen LogP contribution in [0.15, 0.2) is 35.1 Å². The van der Waals surface area contributed by atoms with Crippen molar-refractivity contribution in [3.05, 3.63) is 50.7 Å². The highest BCUT2D eigenvalue weighted by Crippen LogP contribution is 2.26. The van der Waals surface area contributed by atoms with E-state index in [-0.39, 0.29) is 17.1 Å². The van der Waals surface area contributed by atoms with Crippen LogP contribution < -0.4 is 5.32 Å². The largest absolute Gasteiger partial charge is 0.465 e. The van der Waals surface area contributed by atoms with Gasteiger partial charge < -0.3 is 10.1 Å². The van der Waals surface area contributed by atoms with E-state index in [9.17, 15) is 14.9 Å². The number of anilines is 2. The summed E-state index contributed by atoms with van der Waals surface area (Å²) in [6.45, 7) is 0. The predicted molar refractivity (Wildman–Crippen MR) is 77.5 cm³/mol. The normalized spacial score (nSPS) is 10.0. The molecular formula is C12H9BrN4O4. The molecule has 0 bridgehead atoms. The minimum Gasteiger partial charge on any atom is -0.465 e. The molecule has 8 nitrogen and oxygen atoms in total. The highest BCUT2D eigenvalue weighted by Gasteiger charge is 2.20. The molecule has 0 unspecified atom stereocenters. The highest BCUT2D eigenvalue weighted by molar-refractivity contribution is 9.10. The summed E-state index contributed by atoms with van der Waals surface area (Å²) < 4.78 is 5.08. The number of carbonyl (C=O) groups is 1. The van der Waals surface area contributed by atoms with Crippen LogP contribution in [0.2, 0.25) is 0 Å². The Balaban J connectivity index is 2.39. The van der Waals surface area contributed by atoms with E-state index >= 15 is 0 Å². The zero-order chi connectivity index (χ0) is 15.4. The molecule has 0 aromatic carbocycles. The maximum absolute atomic E-state index is 11.4. The summed E-state index contributed by atoms with van der Waals surface area (Å²) >= 11 is 3.20. The van der Waals surface area contributed by atoms with Crippen LogP contribution in [0.4, 0.5) is 17.3 Å². The van der Waals surface area contributed by atoms with E-state index in [4.69, 9.17) is 0 Å². The summed E-state index contributed by atoms with van der Waals surface area (Å²) in [5.74, 6) is -0.332. The monoisotopic (exact) mass is 352 g/mol. The minimum atomic E-state index is -0.697. The van der Waals surface area contributed by atoms with Gasteiger partial charge in [-0.1, -0.05) is 6.07 Å². The molecule has 2 heterocycles. The Kier molecular flexibility index (Phi) is 4.43. The first kappa shape index (κ1) is 14.9. The maximum Gasteiger partial charge on any atom is 0.339 e. The van der Waals surface area contributed by atoms with Gasteiger partial charge in [0, 0.05) is 12.3 Å². The van der Waals surface area contributed by atoms with Crippen LogP contribution >= 0.6 is 15.9 Å². The molecule has 0 spiro atoms. The first-order chi connectivity index (χ1) is 10.0. The van der Waals surface area contributed by atoms with Gasteiger partial charge in [0.05, 0.1) is 17.6 Å². The zero-order valence-corrected chi connectivity index (χ0v) is 12.3. The Hall–Kier alpha value is -2.55. The summed E-state index contributed by atoms with van der Waals surface area (Å²) in [6.07, 6.45) is 1.19. The van der Waals surface area contributed by atoms with Crippen LogP contribution in [0.3, 0.4) is 0 Å². The summed E-state index contributed by atoms with van der Waals surface area (Å²) in [6, 6.07) is 6.16. The Morgan fingerprint density at radius 2 is 2.24 bits per heavy atom. The molecule has 0 aliphatic heterocycles. The third-order valence-electron chi connectivity index (χ3n) is 2.45. The van der Waals surface area contributed by atoms with Crippen molar-refractivity contribution in [3.63, 3.8) is 0 Å². The van der Waals surface area contributed by atoms with Crippen molar-refractivity contribution in [3.8, 4) is 0 Å². The fourth-order valence-electron chi connectivity index (χ4n) is 1.52. The van der Waals surface area contributed by atoms with Crippen molar-refractivity contribution >= 4 is 39.2 Å². The summed E-state index contributed by atoms with van der Waals surface area (Å²) in [4.78, 5) is 29.8. The number of methoxy groups -OCH3 is 1. The van der Waals surface area contributed by atoms with Crippen molar-refractivity contribution in [1.29, 1.82) is 0 Å². The molecule has 1 N–H and O–H groups in total. The minimum absolute atomic E-state index is 0.00282. The number of nitro groups is 1. The van der Waals surface area contributed by atoms with E-state index in [1.807, 2.05) is 0 Å². The number of pyridine rings is 2. The van der Waals surface area contributed by atoms with Crippen LogP contribution in [0.1, 0.15) is 10.4 Å². The van der Waals surface area contributed by atoms with Crippen LogP contribution in [-0.4, -0.2) is 28.0 Å². The van der Waals surface area contributed by atoms with E-state index < -0.39 is 10.9 Å². The average molecular weight is 353 g/mol. The number of ether oxygens (including phenoxy) is 1. The van der Waals surface area contributed by atoms with Crippen molar-refractivity contribution in [2.24, 2.45) is 0 Å². The fourth-order valence-corrected chi connectivity index (χ4v) is 1.86. The van der Waals surface area contributed by atoms with Gasteiger partial charge in [0.15, 0.2) is 0 Å². The van der Waals surface area contributed by atoms with Crippen molar-refractivity contribution in [2.75, 3.05) is 12.4 Å². The van der Waals surface area contributed by atoms with Crippen molar-refractivity contribution in [2.45, 2.75) is 0 Å². The lowest BCUT2D eigenvalue weighted by molar-refractivity contribution is -0.384. The number of esters is 1. The molecule has 2 aromatic rings. The van der Waals surface area contributed by atoms with Gasteiger partial charge in [0.2, 0.25) is 5.82 Å². The standard InChI is InChI=1S/C12H9BrN4O4/c1-21-12(18)7-5-8(17(19)20)11(14-6-7)16-10-4-2-3-9(13)15-10/h2-6H,1H3,(H,14,15,16). The Labute approximate surface area is 127 Å². The highest BCUT2D eigenvalue weighted by atomic mass is 79.9. The number of nitrogens with zero attached hydrogens (tertiary/aromatic N) is 3. The molecule has 0 radical (unpaired) electrons. The topological polar surface area (TPSA) is 107 Å². The van der Waals surface area contributed by atoms with Crippen LogP contribution in [0, 0.1) is 10.1 Å². The van der Waals surface area contributed by atoms with Crippen molar-refractivity contribution in [1.82, 2.24) is 9.97 Å². The molecule has 0 saturated carbocycles. The fraction of sp³-hybridized carbons (Fsp3) is 0.0833. The predicted octanol–water partition coefficient (Wildman–Crippen LogP) is 2.68.